The zero-order valence-electron chi connectivity index (χ0n) is 14.9. The van der Waals surface area contributed by atoms with Gasteiger partial charge >= 0.3 is 0 Å². The number of rotatable bonds is 4. The first-order chi connectivity index (χ1) is 13.1. The Morgan fingerprint density at radius 3 is 2.93 bits per heavy atom. The van der Waals surface area contributed by atoms with E-state index in [4.69, 9.17) is 11.6 Å². The fraction of sp³-hybridized carbons (Fsp3) is 0.368. The summed E-state index contributed by atoms with van der Waals surface area (Å²) in [5, 5.41) is 1.51. The molecule has 8 heteroatoms. The topological polar surface area (TPSA) is 59.0 Å². The second kappa shape index (κ2) is 8.12. The Labute approximate surface area is 171 Å². The molecule has 1 fully saturated rings. The smallest absolute Gasteiger partial charge is 0.232 e. The molecule has 2 aromatic heterocycles. The zero-order chi connectivity index (χ0) is 18.8. The van der Waals surface area contributed by atoms with E-state index < -0.39 is 0 Å². The Balaban J connectivity index is 1.53. The van der Waals surface area contributed by atoms with Gasteiger partial charge in [-0.25, -0.2) is 9.97 Å². The molecule has 0 aliphatic carbocycles. The van der Waals surface area contributed by atoms with Crippen LogP contribution in [0.25, 0.3) is 21.5 Å². The quantitative estimate of drug-likeness (QED) is 0.451. The normalized spacial score (nSPS) is 17.4. The van der Waals surface area contributed by atoms with Gasteiger partial charge in [0.05, 0.1) is 5.75 Å². The molecular formula is C19H19ClN4OS2. The number of hydrogen-bond donors (Lipinski definition) is 0. The van der Waals surface area contributed by atoms with Crippen molar-refractivity contribution in [3.63, 3.8) is 0 Å². The average molecular weight is 419 g/mol. The molecule has 0 spiro atoms. The number of carbonyl (C=O) groups is 1. The number of carbonyl (C=O) groups excluding carboxylic acids is 1. The van der Waals surface area contributed by atoms with E-state index in [0.29, 0.717) is 16.7 Å². The van der Waals surface area contributed by atoms with E-state index in [0.717, 1.165) is 46.0 Å². The first-order valence-corrected chi connectivity index (χ1v) is 11.0. The number of nitrogens with zero attached hydrogens (tertiary/aromatic N) is 4. The van der Waals surface area contributed by atoms with Crippen molar-refractivity contribution in [2.24, 2.45) is 5.92 Å². The molecule has 1 aromatic carbocycles. The number of benzene rings is 1. The van der Waals surface area contributed by atoms with Crippen molar-refractivity contribution in [1.29, 1.82) is 0 Å². The van der Waals surface area contributed by atoms with Gasteiger partial charge in [0, 0.05) is 23.7 Å². The average Bonchev–Trinajstić information content (AvgIpc) is 3.11. The van der Waals surface area contributed by atoms with Crippen molar-refractivity contribution < 1.29 is 4.79 Å². The number of halogens is 1. The molecule has 3 heterocycles. The summed E-state index contributed by atoms with van der Waals surface area (Å²) in [5.41, 5.74) is 2.62. The van der Waals surface area contributed by atoms with E-state index in [1.807, 2.05) is 29.2 Å². The molecule has 0 N–H and O–H groups in total. The van der Waals surface area contributed by atoms with Gasteiger partial charge in [0.25, 0.3) is 0 Å². The molecule has 1 aliphatic rings. The summed E-state index contributed by atoms with van der Waals surface area (Å²) in [6, 6.07) is 7.56. The first-order valence-electron chi connectivity index (χ1n) is 8.88. The van der Waals surface area contributed by atoms with E-state index >= 15 is 0 Å². The van der Waals surface area contributed by atoms with Crippen LogP contribution in [0.1, 0.15) is 19.8 Å². The highest BCUT2D eigenvalue weighted by atomic mass is 35.5. The van der Waals surface area contributed by atoms with Crippen LogP contribution in [0.5, 0.6) is 0 Å². The van der Waals surface area contributed by atoms with Gasteiger partial charge in [-0.2, -0.15) is 4.37 Å². The minimum atomic E-state index is 0.181. The summed E-state index contributed by atoms with van der Waals surface area (Å²) in [5.74, 6) is 1.16. The molecule has 0 radical (unpaired) electrons. The standard InChI is InChI=1S/C19H19ClN4OS2/c1-12-3-2-8-24(9-12)15(25)10-26-19-18-17(21-11-22-19)16(23-27-18)13-4-6-14(20)7-5-13/h4-7,11-12H,2-3,8-10H2,1H3. The highest BCUT2D eigenvalue weighted by molar-refractivity contribution is 8.00. The second-order valence-electron chi connectivity index (χ2n) is 6.77. The zero-order valence-corrected chi connectivity index (χ0v) is 17.3. The van der Waals surface area contributed by atoms with Crippen molar-refractivity contribution in [2.45, 2.75) is 24.8 Å². The molecule has 27 heavy (non-hydrogen) atoms. The third-order valence-corrected chi connectivity index (χ3v) is 6.88. The maximum Gasteiger partial charge on any atom is 0.232 e. The van der Waals surface area contributed by atoms with Crippen molar-refractivity contribution in [2.75, 3.05) is 18.8 Å². The molecule has 3 aromatic rings. The lowest BCUT2D eigenvalue weighted by Gasteiger charge is -2.30. The van der Waals surface area contributed by atoms with E-state index in [1.54, 1.807) is 6.33 Å². The lowest BCUT2D eigenvalue weighted by atomic mass is 10.0. The van der Waals surface area contributed by atoms with Crippen LogP contribution in [0.4, 0.5) is 0 Å². The molecule has 1 unspecified atom stereocenters. The van der Waals surface area contributed by atoms with Crippen LogP contribution in [0.15, 0.2) is 35.6 Å². The lowest BCUT2D eigenvalue weighted by Crippen LogP contribution is -2.40. The van der Waals surface area contributed by atoms with Gasteiger partial charge in [-0.05, 0) is 42.4 Å². The number of fused-ring (bicyclic) bond motifs is 1. The summed E-state index contributed by atoms with van der Waals surface area (Å²) in [6.45, 7) is 3.93. The fourth-order valence-corrected chi connectivity index (χ4v) is 5.23. The summed E-state index contributed by atoms with van der Waals surface area (Å²) >= 11 is 8.82. The molecule has 140 valence electrons. The molecule has 5 nitrogen and oxygen atoms in total. The van der Waals surface area contributed by atoms with Crippen LogP contribution in [0.2, 0.25) is 5.02 Å². The molecule has 4 rings (SSSR count). The van der Waals surface area contributed by atoms with Crippen molar-refractivity contribution in [3.8, 4) is 11.3 Å². The number of likely N-dealkylation sites (tertiary alicyclic amines) is 1. The van der Waals surface area contributed by atoms with E-state index in [-0.39, 0.29) is 5.91 Å². The van der Waals surface area contributed by atoms with E-state index in [9.17, 15) is 4.79 Å². The predicted octanol–water partition coefficient (Wildman–Crippen LogP) is 4.76. The monoisotopic (exact) mass is 418 g/mol. The molecule has 1 aliphatic heterocycles. The maximum atomic E-state index is 12.5. The van der Waals surface area contributed by atoms with Gasteiger partial charge in [0.1, 0.15) is 27.3 Å². The van der Waals surface area contributed by atoms with Crippen molar-refractivity contribution in [3.05, 3.63) is 35.6 Å². The van der Waals surface area contributed by atoms with Crippen LogP contribution in [-0.4, -0.2) is 44.0 Å². The largest absolute Gasteiger partial charge is 0.342 e. The third-order valence-electron chi connectivity index (χ3n) is 4.68. The molecule has 1 saturated heterocycles. The van der Waals surface area contributed by atoms with E-state index in [1.165, 1.54) is 29.7 Å². The predicted molar refractivity (Wildman–Crippen MR) is 111 cm³/mol. The second-order valence-corrected chi connectivity index (χ2v) is 8.94. The van der Waals surface area contributed by atoms with Crippen LogP contribution < -0.4 is 0 Å². The minimum absolute atomic E-state index is 0.181. The molecular weight excluding hydrogens is 400 g/mol. The Morgan fingerprint density at radius 2 is 2.15 bits per heavy atom. The molecule has 0 saturated carbocycles. The van der Waals surface area contributed by atoms with Crippen molar-refractivity contribution in [1.82, 2.24) is 19.2 Å². The van der Waals surface area contributed by atoms with Crippen molar-refractivity contribution >= 4 is 51.0 Å². The molecule has 0 bridgehead atoms. The minimum Gasteiger partial charge on any atom is -0.342 e. The third kappa shape index (κ3) is 4.10. The van der Waals surface area contributed by atoms with Gasteiger partial charge in [-0.15, -0.1) is 0 Å². The first kappa shape index (κ1) is 18.7. The van der Waals surface area contributed by atoms with Gasteiger partial charge in [-0.3, -0.25) is 4.79 Å². The van der Waals surface area contributed by atoms with Gasteiger partial charge < -0.3 is 4.90 Å². The van der Waals surface area contributed by atoms with Crippen LogP contribution >= 0.6 is 34.9 Å². The number of amides is 1. The number of aromatic nitrogens is 3. The van der Waals surface area contributed by atoms with Gasteiger partial charge in [0.15, 0.2) is 0 Å². The Morgan fingerprint density at radius 1 is 1.33 bits per heavy atom. The lowest BCUT2D eigenvalue weighted by molar-refractivity contribution is -0.130. The Bertz CT molecular complexity index is 960. The number of hydrogen-bond acceptors (Lipinski definition) is 6. The summed E-state index contributed by atoms with van der Waals surface area (Å²) in [4.78, 5) is 23.3. The Kier molecular flexibility index (Phi) is 5.61. The van der Waals surface area contributed by atoms with Crippen LogP contribution in [0.3, 0.4) is 0 Å². The summed E-state index contributed by atoms with van der Waals surface area (Å²) in [6.07, 6.45) is 3.85. The number of piperidine rings is 1. The highest BCUT2D eigenvalue weighted by Gasteiger charge is 2.22. The molecule has 1 amide bonds. The van der Waals surface area contributed by atoms with Gasteiger partial charge in [0.2, 0.25) is 5.91 Å². The summed E-state index contributed by atoms with van der Waals surface area (Å²) < 4.78 is 5.49. The van der Waals surface area contributed by atoms with E-state index in [2.05, 4.69) is 21.3 Å². The SMILES string of the molecule is CC1CCCN(C(=O)CSc2ncnc3c(-c4ccc(Cl)cc4)nsc23)C1. The maximum absolute atomic E-state index is 12.5. The summed E-state index contributed by atoms with van der Waals surface area (Å²) in [7, 11) is 0. The molecule has 1 atom stereocenters. The number of thioether (sulfide) groups is 1. The Hall–Kier alpha value is -1.70. The van der Waals surface area contributed by atoms with Crippen LogP contribution in [0, 0.1) is 5.92 Å². The fourth-order valence-electron chi connectivity index (χ4n) is 3.28. The van der Waals surface area contributed by atoms with Gasteiger partial charge in [-0.1, -0.05) is 42.4 Å². The highest BCUT2D eigenvalue weighted by Crippen LogP contribution is 2.34. The van der Waals surface area contributed by atoms with Crippen LogP contribution in [-0.2, 0) is 4.79 Å².